The highest BCUT2D eigenvalue weighted by Crippen LogP contribution is 2.20. The number of nitrogens with one attached hydrogen (secondary N) is 1. The number of halogens is 1. The van der Waals surface area contributed by atoms with Gasteiger partial charge in [-0.05, 0) is 47.0 Å². The highest BCUT2D eigenvalue weighted by Gasteiger charge is 2.17. The largest absolute Gasteiger partial charge is 0.398 e. The van der Waals surface area contributed by atoms with Crippen molar-refractivity contribution < 1.29 is 9.53 Å². The molecule has 0 radical (unpaired) electrons. The van der Waals surface area contributed by atoms with Gasteiger partial charge in [-0.1, -0.05) is 13.8 Å². The first kappa shape index (κ1) is 16.0. The Morgan fingerprint density at radius 3 is 2.68 bits per heavy atom. The molecule has 1 amide bonds. The monoisotopic (exact) mass is 328 g/mol. The summed E-state index contributed by atoms with van der Waals surface area (Å²) in [6, 6.07) is 5.16. The molecule has 0 bridgehead atoms. The van der Waals surface area contributed by atoms with Crippen molar-refractivity contribution in [2.75, 3.05) is 18.9 Å². The number of carbonyl (C=O) groups excluding carboxylic acids is 1. The van der Waals surface area contributed by atoms with E-state index < -0.39 is 0 Å². The predicted molar refractivity (Wildman–Crippen MR) is 81.1 cm³/mol. The molecule has 106 valence electrons. The Hall–Kier alpha value is -1.07. The Kier molecular flexibility index (Phi) is 6.31. The molecule has 1 aromatic rings. The van der Waals surface area contributed by atoms with Crippen LogP contribution in [-0.4, -0.2) is 25.2 Å². The molecule has 3 N–H and O–H groups in total. The first-order valence-corrected chi connectivity index (χ1v) is 7.18. The van der Waals surface area contributed by atoms with Gasteiger partial charge in [0.1, 0.15) is 0 Å². The van der Waals surface area contributed by atoms with E-state index in [-0.39, 0.29) is 11.9 Å². The minimum absolute atomic E-state index is 0.00350. The lowest BCUT2D eigenvalue weighted by Gasteiger charge is -2.22. The lowest BCUT2D eigenvalue weighted by molar-refractivity contribution is 0.0806. The standard InChI is InChI=1S/C14H21BrN2O2/c1-4-19-8-13(9(2)3)17-14(18)10-5-6-12(16)11(15)7-10/h5-7,9,13H,4,8,16H2,1-3H3,(H,17,18). The van der Waals surface area contributed by atoms with Gasteiger partial charge in [0.05, 0.1) is 12.6 Å². The maximum absolute atomic E-state index is 12.2. The summed E-state index contributed by atoms with van der Waals surface area (Å²) >= 11 is 3.32. The van der Waals surface area contributed by atoms with Crippen LogP contribution in [0.1, 0.15) is 31.1 Å². The van der Waals surface area contributed by atoms with Crippen LogP contribution in [0.15, 0.2) is 22.7 Å². The van der Waals surface area contributed by atoms with Gasteiger partial charge in [-0.2, -0.15) is 0 Å². The molecule has 0 saturated carbocycles. The first-order chi connectivity index (χ1) is 8.95. The van der Waals surface area contributed by atoms with E-state index in [0.717, 1.165) is 4.47 Å². The van der Waals surface area contributed by atoms with E-state index in [9.17, 15) is 4.79 Å². The zero-order chi connectivity index (χ0) is 14.4. The number of ether oxygens (including phenoxy) is 1. The van der Waals surface area contributed by atoms with E-state index in [1.165, 1.54) is 0 Å². The highest BCUT2D eigenvalue weighted by atomic mass is 79.9. The number of nitrogen functional groups attached to an aromatic ring is 1. The number of anilines is 1. The number of rotatable bonds is 6. The molecule has 1 rings (SSSR count). The van der Waals surface area contributed by atoms with Crippen LogP contribution in [0.25, 0.3) is 0 Å². The van der Waals surface area contributed by atoms with Crippen LogP contribution in [0, 0.1) is 5.92 Å². The molecule has 0 saturated heterocycles. The van der Waals surface area contributed by atoms with Crippen molar-refractivity contribution in [2.45, 2.75) is 26.8 Å². The Bertz CT molecular complexity index is 435. The van der Waals surface area contributed by atoms with Gasteiger partial charge in [-0.3, -0.25) is 4.79 Å². The molecule has 0 aliphatic heterocycles. The summed E-state index contributed by atoms with van der Waals surface area (Å²) in [6.07, 6.45) is 0. The van der Waals surface area contributed by atoms with E-state index >= 15 is 0 Å². The van der Waals surface area contributed by atoms with Crippen molar-refractivity contribution in [3.8, 4) is 0 Å². The average molecular weight is 329 g/mol. The van der Waals surface area contributed by atoms with Crippen LogP contribution in [-0.2, 0) is 4.74 Å². The predicted octanol–water partition coefficient (Wildman–Crippen LogP) is 2.82. The van der Waals surface area contributed by atoms with Gasteiger partial charge in [0.2, 0.25) is 0 Å². The molecular formula is C14H21BrN2O2. The number of hydrogen-bond donors (Lipinski definition) is 2. The average Bonchev–Trinajstić information content (AvgIpc) is 2.37. The molecule has 0 aromatic heterocycles. The summed E-state index contributed by atoms with van der Waals surface area (Å²) in [5.74, 6) is 0.201. The maximum atomic E-state index is 12.2. The molecule has 1 unspecified atom stereocenters. The Balaban J connectivity index is 2.73. The molecule has 0 spiro atoms. The van der Waals surface area contributed by atoms with Crippen LogP contribution in [0.3, 0.4) is 0 Å². The minimum atomic E-state index is -0.112. The zero-order valence-corrected chi connectivity index (χ0v) is 13.2. The van der Waals surface area contributed by atoms with E-state index in [2.05, 4.69) is 35.1 Å². The van der Waals surface area contributed by atoms with Gasteiger partial charge < -0.3 is 15.8 Å². The quantitative estimate of drug-likeness (QED) is 0.789. The van der Waals surface area contributed by atoms with Crippen molar-refractivity contribution in [1.29, 1.82) is 0 Å². The van der Waals surface area contributed by atoms with Crippen LogP contribution in [0.4, 0.5) is 5.69 Å². The van der Waals surface area contributed by atoms with Crippen LogP contribution in [0.5, 0.6) is 0 Å². The van der Waals surface area contributed by atoms with Gasteiger partial charge in [0, 0.05) is 22.3 Å². The third-order valence-corrected chi connectivity index (χ3v) is 3.57. The minimum Gasteiger partial charge on any atom is -0.398 e. The number of hydrogen-bond acceptors (Lipinski definition) is 3. The fraction of sp³-hybridized carbons (Fsp3) is 0.500. The smallest absolute Gasteiger partial charge is 0.251 e. The summed E-state index contributed by atoms with van der Waals surface area (Å²) in [6.45, 7) is 7.23. The first-order valence-electron chi connectivity index (χ1n) is 6.39. The molecule has 0 aliphatic carbocycles. The summed E-state index contributed by atoms with van der Waals surface area (Å²) in [7, 11) is 0. The second-order valence-electron chi connectivity index (χ2n) is 4.72. The van der Waals surface area contributed by atoms with E-state index in [4.69, 9.17) is 10.5 Å². The molecular weight excluding hydrogens is 308 g/mol. The van der Waals surface area contributed by atoms with Crippen molar-refractivity contribution in [2.24, 2.45) is 5.92 Å². The molecule has 1 atom stereocenters. The lowest BCUT2D eigenvalue weighted by atomic mass is 10.0. The molecule has 0 fully saturated rings. The number of amides is 1. The summed E-state index contributed by atoms with van der Waals surface area (Å²) in [5.41, 5.74) is 6.91. The molecule has 1 aromatic carbocycles. The van der Waals surface area contributed by atoms with Crippen molar-refractivity contribution in [3.05, 3.63) is 28.2 Å². The third-order valence-electron chi connectivity index (χ3n) is 2.89. The second-order valence-corrected chi connectivity index (χ2v) is 5.57. The summed E-state index contributed by atoms with van der Waals surface area (Å²) in [5, 5.41) is 2.99. The van der Waals surface area contributed by atoms with Gasteiger partial charge in [0.15, 0.2) is 0 Å². The Labute approximate surface area is 122 Å². The van der Waals surface area contributed by atoms with Crippen LogP contribution in [0.2, 0.25) is 0 Å². The topological polar surface area (TPSA) is 64.3 Å². The Morgan fingerprint density at radius 2 is 2.16 bits per heavy atom. The van der Waals surface area contributed by atoms with Gasteiger partial charge in [-0.15, -0.1) is 0 Å². The number of carbonyl (C=O) groups is 1. The van der Waals surface area contributed by atoms with E-state index in [0.29, 0.717) is 30.4 Å². The molecule has 5 heteroatoms. The van der Waals surface area contributed by atoms with Crippen LogP contribution >= 0.6 is 15.9 Å². The molecule has 19 heavy (non-hydrogen) atoms. The SMILES string of the molecule is CCOCC(NC(=O)c1ccc(N)c(Br)c1)C(C)C. The van der Waals surface area contributed by atoms with E-state index in [1.807, 2.05) is 6.92 Å². The van der Waals surface area contributed by atoms with Gasteiger partial charge >= 0.3 is 0 Å². The lowest BCUT2D eigenvalue weighted by Crippen LogP contribution is -2.41. The third kappa shape index (κ3) is 4.84. The number of nitrogens with two attached hydrogens (primary N) is 1. The number of benzene rings is 1. The maximum Gasteiger partial charge on any atom is 0.251 e. The van der Waals surface area contributed by atoms with Crippen LogP contribution < -0.4 is 11.1 Å². The molecule has 4 nitrogen and oxygen atoms in total. The fourth-order valence-electron chi connectivity index (χ4n) is 1.57. The molecule has 0 aliphatic rings. The molecule has 0 heterocycles. The zero-order valence-electron chi connectivity index (χ0n) is 11.6. The summed E-state index contributed by atoms with van der Waals surface area (Å²) < 4.78 is 6.12. The fourth-order valence-corrected chi connectivity index (χ4v) is 1.94. The normalized spacial score (nSPS) is 12.5. The van der Waals surface area contributed by atoms with Crippen molar-refractivity contribution in [1.82, 2.24) is 5.32 Å². The second kappa shape index (κ2) is 7.50. The highest BCUT2D eigenvalue weighted by molar-refractivity contribution is 9.10. The summed E-state index contributed by atoms with van der Waals surface area (Å²) in [4.78, 5) is 12.2. The van der Waals surface area contributed by atoms with Crippen molar-refractivity contribution in [3.63, 3.8) is 0 Å². The van der Waals surface area contributed by atoms with Gasteiger partial charge in [-0.25, -0.2) is 0 Å². The van der Waals surface area contributed by atoms with E-state index in [1.54, 1.807) is 18.2 Å². The van der Waals surface area contributed by atoms with Gasteiger partial charge in [0.25, 0.3) is 5.91 Å². The Morgan fingerprint density at radius 1 is 1.47 bits per heavy atom. The van der Waals surface area contributed by atoms with Crippen molar-refractivity contribution >= 4 is 27.5 Å².